The predicted molar refractivity (Wildman–Crippen MR) is 74.2 cm³/mol. The molecule has 1 unspecified atom stereocenters. The lowest BCUT2D eigenvalue weighted by Gasteiger charge is -2.13. The smallest absolute Gasteiger partial charge is 0.270 e. The van der Waals surface area contributed by atoms with Crippen molar-refractivity contribution in [2.24, 2.45) is 0 Å². The topological polar surface area (TPSA) is 81.5 Å². The van der Waals surface area contributed by atoms with Gasteiger partial charge in [0, 0.05) is 29.8 Å². The van der Waals surface area contributed by atoms with Crippen molar-refractivity contribution < 1.29 is 14.5 Å². The monoisotopic (exact) mass is 330 g/mol. The van der Waals surface area contributed by atoms with E-state index in [-0.39, 0.29) is 23.3 Å². The second-order valence-corrected chi connectivity index (χ2v) is 4.75. The maximum Gasteiger partial charge on any atom is 0.270 e. The summed E-state index contributed by atoms with van der Waals surface area (Å²) in [5.74, 6) is -0.373. The molecule has 0 spiro atoms. The minimum atomic E-state index is -0.536. The highest BCUT2D eigenvalue weighted by atomic mass is 79.9. The minimum Gasteiger partial charge on any atom is -0.377 e. The predicted octanol–water partition coefficient (Wildman–Crippen LogP) is 2.51. The summed E-state index contributed by atoms with van der Waals surface area (Å²) in [4.78, 5) is 22.1. The van der Waals surface area contributed by atoms with Crippen molar-refractivity contribution in [3.05, 3.63) is 38.3 Å². The first-order valence-electron chi connectivity index (χ1n) is 5.79. The van der Waals surface area contributed by atoms with Crippen LogP contribution in [0.25, 0.3) is 0 Å². The van der Waals surface area contributed by atoms with Crippen LogP contribution in [0.2, 0.25) is 0 Å². The van der Waals surface area contributed by atoms with E-state index in [0.29, 0.717) is 17.6 Å². The largest absolute Gasteiger partial charge is 0.377 e. The Balaban J connectivity index is 2.76. The summed E-state index contributed by atoms with van der Waals surface area (Å²) in [6.45, 7) is 4.63. The molecule has 0 bridgehead atoms. The molecular formula is C12H15BrN2O4. The number of rotatable bonds is 6. The fourth-order valence-corrected chi connectivity index (χ4v) is 1.90. The molecule has 0 fully saturated rings. The van der Waals surface area contributed by atoms with Gasteiger partial charge in [-0.3, -0.25) is 14.9 Å². The highest BCUT2D eigenvalue weighted by Gasteiger charge is 2.15. The Labute approximate surface area is 119 Å². The SMILES string of the molecule is CCOC(C)CNC(=O)c1cc([N+](=O)[O-])ccc1Br. The maximum atomic E-state index is 11.9. The summed E-state index contributed by atoms with van der Waals surface area (Å²) in [6.07, 6.45) is -0.105. The van der Waals surface area contributed by atoms with E-state index in [9.17, 15) is 14.9 Å². The number of carbonyl (C=O) groups is 1. The Hall–Kier alpha value is -1.47. The zero-order chi connectivity index (χ0) is 14.4. The van der Waals surface area contributed by atoms with Gasteiger partial charge in [-0.05, 0) is 35.8 Å². The van der Waals surface area contributed by atoms with Crippen molar-refractivity contribution in [2.75, 3.05) is 13.2 Å². The molecule has 0 radical (unpaired) electrons. The number of halogens is 1. The molecule has 0 saturated heterocycles. The van der Waals surface area contributed by atoms with Gasteiger partial charge >= 0.3 is 0 Å². The number of nitro groups is 1. The lowest BCUT2D eigenvalue weighted by molar-refractivity contribution is -0.384. The van der Waals surface area contributed by atoms with Gasteiger partial charge in [-0.15, -0.1) is 0 Å². The van der Waals surface area contributed by atoms with Crippen molar-refractivity contribution in [1.29, 1.82) is 0 Å². The number of amides is 1. The first kappa shape index (κ1) is 15.6. The van der Waals surface area contributed by atoms with E-state index in [1.807, 2.05) is 13.8 Å². The van der Waals surface area contributed by atoms with E-state index in [4.69, 9.17) is 4.74 Å². The number of ether oxygens (including phenoxy) is 1. The lowest BCUT2D eigenvalue weighted by Crippen LogP contribution is -2.32. The molecule has 0 saturated carbocycles. The van der Waals surface area contributed by atoms with Gasteiger partial charge < -0.3 is 10.1 Å². The molecule has 0 heterocycles. The fraction of sp³-hybridized carbons (Fsp3) is 0.417. The molecule has 0 aliphatic rings. The molecule has 1 atom stereocenters. The van der Waals surface area contributed by atoms with Crippen molar-refractivity contribution >= 4 is 27.5 Å². The summed E-state index contributed by atoms with van der Waals surface area (Å²) in [6, 6.07) is 4.06. The molecule has 7 heteroatoms. The molecule has 1 amide bonds. The summed E-state index contributed by atoms with van der Waals surface area (Å²) in [5, 5.41) is 13.4. The van der Waals surface area contributed by atoms with Crippen LogP contribution in [0.4, 0.5) is 5.69 Å². The Morgan fingerprint density at radius 3 is 2.84 bits per heavy atom. The Kier molecular flexibility index (Phi) is 5.91. The number of non-ortho nitro benzene ring substituents is 1. The van der Waals surface area contributed by atoms with Gasteiger partial charge in [0.2, 0.25) is 0 Å². The number of nitrogens with zero attached hydrogens (tertiary/aromatic N) is 1. The van der Waals surface area contributed by atoms with Gasteiger partial charge in [-0.2, -0.15) is 0 Å². The number of carbonyl (C=O) groups excluding carboxylic acids is 1. The van der Waals surface area contributed by atoms with Gasteiger partial charge in [0.05, 0.1) is 16.6 Å². The van der Waals surface area contributed by atoms with Crippen LogP contribution in [-0.4, -0.2) is 30.1 Å². The lowest BCUT2D eigenvalue weighted by atomic mass is 10.2. The molecular weight excluding hydrogens is 316 g/mol. The van der Waals surface area contributed by atoms with E-state index < -0.39 is 4.92 Å². The van der Waals surface area contributed by atoms with Crippen LogP contribution in [0.5, 0.6) is 0 Å². The third-order valence-corrected chi connectivity index (χ3v) is 3.10. The molecule has 6 nitrogen and oxygen atoms in total. The van der Waals surface area contributed by atoms with E-state index >= 15 is 0 Å². The molecule has 1 N–H and O–H groups in total. The number of nitro benzene ring substituents is 1. The first-order chi connectivity index (χ1) is 8.95. The number of hydrogen-bond donors (Lipinski definition) is 1. The molecule has 1 rings (SSSR count). The third-order valence-electron chi connectivity index (χ3n) is 2.41. The quantitative estimate of drug-likeness (QED) is 0.641. The van der Waals surface area contributed by atoms with Crippen molar-refractivity contribution in [1.82, 2.24) is 5.32 Å². The van der Waals surface area contributed by atoms with Gasteiger partial charge in [0.25, 0.3) is 11.6 Å². The minimum absolute atomic E-state index is 0.105. The van der Waals surface area contributed by atoms with E-state index in [1.165, 1.54) is 18.2 Å². The van der Waals surface area contributed by atoms with Crippen molar-refractivity contribution in [3.63, 3.8) is 0 Å². The molecule has 0 aliphatic carbocycles. The van der Waals surface area contributed by atoms with Gasteiger partial charge in [-0.25, -0.2) is 0 Å². The zero-order valence-electron chi connectivity index (χ0n) is 10.7. The van der Waals surface area contributed by atoms with Crippen LogP contribution in [0, 0.1) is 10.1 Å². The number of nitrogens with one attached hydrogen (secondary N) is 1. The highest BCUT2D eigenvalue weighted by molar-refractivity contribution is 9.10. The standard InChI is InChI=1S/C12H15BrN2O4/c1-3-19-8(2)7-14-12(16)10-6-9(15(17)18)4-5-11(10)13/h4-6,8H,3,7H2,1-2H3,(H,14,16). The molecule has 104 valence electrons. The Bertz CT molecular complexity index is 479. The van der Waals surface area contributed by atoms with Gasteiger partial charge in [0.15, 0.2) is 0 Å². The summed E-state index contributed by atoms with van der Waals surface area (Å²) in [7, 11) is 0. The molecule has 1 aromatic carbocycles. The first-order valence-corrected chi connectivity index (χ1v) is 6.58. The van der Waals surface area contributed by atoms with Crippen LogP contribution in [0.3, 0.4) is 0 Å². The molecule has 0 aromatic heterocycles. The summed E-state index contributed by atoms with van der Waals surface area (Å²) in [5.41, 5.74) is 0.115. The Morgan fingerprint density at radius 2 is 2.26 bits per heavy atom. The summed E-state index contributed by atoms with van der Waals surface area (Å²) < 4.78 is 5.80. The van der Waals surface area contributed by atoms with E-state index in [1.54, 1.807) is 0 Å². The van der Waals surface area contributed by atoms with Crippen LogP contribution in [-0.2, 0) is 4.74 Å². The fourth-order valence-electron chi connectivity index (χ4n) is 1.48. The van der Waals surface area contributed by atoms with Gasteiger partial charge in [-0.1, -0.05) is 0 Å². The third kappa shape index (κ3) is 4.60. The molecule has 0 aliphatic heterocycles. The van der Waals surface area contributed by atoms with Gasteiger partial charge in [0.1, 0.15) is 0 Å². The van der Waals surface area contributed by atoms with Crippen molar-refractivity contribution in [2.45, 2.75) is 20.0 Å². The van der Waals surface area contributed by atoms with Crippen molar-refractivity contribution in [3.8, 4) is 0 Å². The van der Waals surface area contributed by atoms with Crippen LogP contribution in [0.15, 0.2) is 22.7 Å². The molecule has 1 aromatic rings. The van der Waals surface area contributed by atoms with Crippen LogP contribution in [0.1, 0.15) is 24.2 Å². The van der Waals surface area contributed by atoms with E-state index in [0.717, 1.165) is 0 Å². The summed E-state index contributed by atoms with van der Waals surface area (Å²) >= 11 is 3.20. The van der Waals surface area contributed by atoms with Crippen LogP contribution < -0.4 is 5.32 Å². The second kappa shape index (κ2) is 7.20. The van der Waals surface area contributed by atoms with E-state index in [2.05, 4.69) is 21.2 Å². The zero-order valence-corrected chi connectivity index (χ0v) is 12.3. The Morgan fingerprint density at radius 1 is 1.58 bits per heavy atom. The van der Waals surface area contributed by atoms with Crippen LogP contribution >= 0.6 is 15.9 Å². The highest BCUT2D eigenvalue weighted by Crippen LogP contribution is 2.22. The molecule has 19 heavy (non-hydrogen) atoms. The average Bonchev–Trinajstić information content (AvgIpc) is 2.36. The normalized spacial score (nSPS) is 11.9. The average molecular weight is 331 g/mol. The second-order valence-electron chi connectivity index (χ2n) is 3.90. The maximum absolute atomic E-state index is 11.9. The number of hydrogen-bond acceptors (Lipinski definition) is 4. The number of benzene rings is 1.